The molecule has 1 amide bonds. The predicted octanol–water partition coefficient (Wildman–Crippen LogP) is 4.60. The van der Waals surface area contributed by atoms with Gasteiger partial charge in [0.1, 0.15) is 23.7 Å². The van der Waals surface area contributed by atoms with Gasteiger partial charge in [-0.15, -0.1) is 11.3 Å². The van der Waals surface area contributed by atoms with Gasteiger partial charge >= 0.3 is 5.91 Å². The second-order valence-electron chi connectivity index (χ2n) is 8.09. The van der Waals surface area contributed by atoms with Gasteiger partial charge < -0.3 is 14.2 Å². The van der Waals surface area contributed by atoms with E-state index in [1.807, 2.05) is 36.6 Å². The molecule has 1 N–H and O–H groups in total. The highest BCUT2D eigenvalue weighted by Crippen LogP contribution is 2.43. The lowest BCUT2D eigenvalue weighted by molar-refractivity contribution is -0.132. The summed E-state index contributed by atoms with van der Waals surface area (Å²) in [6.07, 6.45) is 5.03. The van der Waals surface area contributed by atoms with Crippen molar-refractivity contribution in [2.45, 2.75) is 19.9 Å². The third kappa shape index (κ3) is 3.70. The Balaban J connectivity index is 1.73. The Morgan fingerprint density at radius 3 is 2.80 bits per heavy atom. The first-order valence-corrected chi connectivity index (χ1v) is 11.8. The van der Waals surface area contributed by atoms with Crippen LogP contribution in [0.15, 0.2) is 72.4 Å². The summed E-state index contributed by atoms with van der Waals surface area (Å²) in [7, 11) is 0. The summed E-state index contributed by atoms with van der Waals surface area (Å²) in [5, 5.41) is 13.6. The van der Waals surface area contributed by atoms with Crippen LogP contribution in [-0.2, 0) is 9.59 Å². The minimum atomic E-state index is -0.904. The minimum absolute atomic E-state index is 0.0461. The number of aliphatic hydroxyl groups excluding tert-OH is 1. The average Bonchev–Trinajstić information content (AvgIpc) is 3.56. The van der Waals surface area contributed by atoms with Gasteiger partial charge in [0.2, 0.25) is 0 Å². The molecule has 9 heteroatoms. The van der Waals surface area contributed by atoms with Gasteiger partial charge in [0, 0.05) is 17.8 Å². The van der Waals surface area contributed by atoms with Crippen molar-refractivity contribution >= 4 is 39.6 Å². The maximum atomic E-state index is 13.3. The minimum Gasteiger partial charge on any atom is -0.505 e. The van der Waals surface area contributed by atoms with E-state index < -0.39 is 17.7 Å². The molecular weight excluding hydrogens is 464 g/mol. The number of Topliss-reactive ketones (excluding diaryl/α,β-unsaturated/α-hetero) is 1. The molecule has 176 valence electrons. The Hall–Kier alpha value is -4.24. The highest BCUT2D eigenvalue weighted by Gasteiger charge is 2.48. The zero-order valence-corrected chi connectivity index (χ0v) is 20.0. The molecule has 8 nitrogen and oxygen atoms in total. The van der Waals surface area contributed by atoms with E-state index in [4.69, 9.17) is 4.74 Å². The van der Waals surface area contributed by atoms with Gasteiger partial charge in [0.15, 0.2) is 10.9 Å². The number of nitrogens with zero attached hydrogens (tertiary/aromatic N) is 4. The molecule has 4 heterocycles. The quantitative estimate of drug-likeness (QED) is 0.185. The number of hydrogen-bond acceptors (Lipinski definition) is 7. The zero-order valence-electron chi connectivity index (χ0n) is 19.1. The summed E-state index contributed by atoms with van der Waals surface area (Å²) in [5.41, 5.74) is 3.04. The van der Waals surface area contributed by atoms with Crippen molar-refractivity contribution in [2.75, 3.05) is 11.5 Å². The van der Waals surface area contributed by atoms with Crippen LogP contribution in [0.3, 0.4) is 0 Å². The Morgan fingerprint density at radius 1 is 1.26 bits per heavy atom. The molecule has 0 aliphatic carbocycles. The Labute approximate surface area is 205 Å². The predicted molar refractivity (Wildman–Crippen MR) is 134 cm³/mol. The van der Waals surface area contributed by atoms with Crippen LogP contribution in [0.4, 0.5) is 5.13 Å². The van der Waals surface area contributed by atoms with Gasteiger partial charge in [-0.05, 0) is 43.2 Å². The molecule has 3 aromatic heterocycles. The van der Waals surface area contributed by atoms with E-state index in [9.17, 15) is 14.7 Å². The molecule has 35 heavy (non-hydrogen) atoms. The number of carbonyl (C=O) groups excluding carboxylic acids is 2. The average molecular weight is 487 g/mol. The Morgan fingerprint density at radius 2 is 2.09 bits per heavy atom. The number of pyridine rings is 1. The fourth-order valence-electron chi connectivity index (χ4n) is 4.28. The molecule has 1 atom stereocenters. The number of carbonyl (C=O) groups is 2. The van der Waals surface area contributed by atoms with Crippen LogP contribution in [-0.4, -0.2) is 37.8 Å². The van der Waals surface area contributed by atoms with E-state index >= 15 is 0 Å². The molecule has 4 aromatic rings. The first kappa shape index (κ1) is 22.5. The van der Waals surface area contributed by atoms with Crippen molar-refractivity contribution < 1.29 is 19.4 Å². The van der Waals surface area contributed by atoms with E-state index in [0.29, 0.717) is 34.4 Å². The number of imidazole rings is 1. The molecule has 0 saturated carbocycles. The fourth-order valence-corrected chi connectivity index (χ4v) is 4.95. The Bertz CT molecular complexity index is 1500. The van der Waals surface area contributed by atoms with E-state index in [-0.39, 0.29) is 17.0 Å². The highest BCUT2D eigenvalue weighted by atomic mass is 32.1. The first-order valence-electron chi connectivity index (χ1n) is 10.9. The molecule has 1 aliphatic rings. The lowest BCUT2D eigenvalue weighted by Gasteiger charge is -2.23. The van der Waals surface area contributed by atoms with E-state index in [2.05, 4.69) is 16.5 Å². The lowest BCUT2D eigenvalue weighted by atomic mass is 9.96. The number of rotatable bonds is 6. The number of aliphatic hydroxyl groups is 1. The SMILES string of the molecule is C=CCOc1cccc(C2C(=C(O)c3nc4c(C)cccn4c3C)C(=O)C(=O)N2c2nccs2)c1. The van der Waals surface area contributed by atoms with E-state index in [0.717, 1.165) is 5.56 Å². The van der Waals surface area contributed by atoms with E-state index in [1.165, 1.54) is 16.2 Å². The van der Waals surface area contributed by atoms with Gasteiger partial charge in [-0.2, -0.15) is 0 Å². The van der Waals surface area contributed by atoms with Crippen molar-refractivity contribution in [1.29, 1.82) is 0 Å². The van der Waals surface area contributed by atoms with Gasteiger partial charge in [0.05, 0.1) is 17.3 Å². The molecule has 1 unspecified atom stereocenters. The number of aromatic nitrogens is 3. The van der Waals surface area contributed by atoms with Crippen LogP contribution < -0.4 is 9.64 Å². The number of ketones is 1. The van der Waals surface area contributed by atoms with Gasteiger partial charge in [0.25, 0.3) is 5.78 Å². The van der Waals surface area contributed by atoms with Crippen molar-refractivity contribution in [3.8, 4) is 5.75 Å². The third-order valence-electron chi connectivity index (χ3n) is 5.92. The number of fused-ring (bicyclic) bond motifs is 1. The molecular formula is C26H22N4O4S. The number of benzene rings is 1. The first-order chi connectivity index (χ1) is 16.9. The largest absolute Gasteiger partial charge is 0.505 e. The maximum absolute atomic E-state index is 13.3. The van der Waals surface area contributed by atoms with Crippen LogP contribution in [0.25, 0.3) is 11.4 Å². The van der Waals surface area contributed by atoms with Crippen molar-refractivity contribution in [1.82, 2.24) is 14.4 Å². The summed E-state index contributed by atoms with van der Waals surface area (Å²) < 4.78 is 7.52. The fraction of sp³-hybridized carbons (Fsp3) is 0.154. The summed E-state index contributed by atoms with van der Waals surface area (Å²) in [4.78, 5) is 36.8. The summed E-state index contributed by atoms with van der Waals surface area (Å²) in [6, 6.07) is 9.98. The normalized spacial score (nSPS) is 17.3. The number of amides is 1. The molecule has 0 spiro atoms. The number of hydrogen-bond donors (Lipinski definition) is 1. The van der Waals surface area contributed by atoms with Gasteiger partial charge in [-0.1, -0.05) is 30.9 Å². The number of aryl methyl sites for hydroxylation is 2. The standard InChI is InChI=1S/C26H22N4O4S/c1-4-12-34-18-9-5-8-17(14-18)21-19(23(32)25(33)30(21)26-27-10-13-35-26)22(31)20-16(3)29-11-6-7-15(2)24(29)28-20/h4-11,13-14,21,31H,1,12H2,2-3H3. The van der Waals surface area contributed by atoms with E-state index in [1.54, 1.807) is 41.9 Å². The number of anilines is 1. The summed E-state index contributed by atoms with van der Waals surface area (Å²) in [6.45, 7) is 7.69. The molecule has 1 fully saturated rings. The summed E-state index contributed by atoms with van der Waals surface area (Å²) >= 11 is 1.23. The van der Waals surface area contributed by atoms with Crippen LogP contribution in [0.1, 0.15) is 28.6 Å². The second-order valence-corrected chi connectivity index (χ2v) is 8.96. The number of ether oxygens (including phenoxy) is 1. The van der Waals surface area contributed by atoms with Crippen LogP contribution in [0.5, 0.6) is 5.75 Å². The molecule has 0 radical (unpaired) electrons. The smallest absolute Gasteiger partial charge is 0.301 e. The molecule has 0 bridgehead atoms. The van der Waals surface area contributed by atoms with Crippen molar-refractivity contribution in [3.63, 3.8) is 0 Å². The van der Waals surface area contributed by atoms with Crippen molar-refractivity contribution in [3.05, 3.63) is 94.9 Å². The monoisotopic (exact) mass is 486 g/mol. The van der Waals surface area contributed by atoms with Crippen LogP contribution in [0.2, 0.25) is 0 Å². The lowest BCUT2D eigenvalue weighted by Crippen LogP contribution is -2.29. The summed E-state index contributed by atoms with van der Waals surface area (Å²) in [5.74, 6) is -1.34. The van der Waals surface area contributed by atoms with Crippen LogP contribution >= 0.6 is 11.3 Å². The Kier molecular flexibility index (Phi) is 5.70. The second kappa shape index (κ2) is 8.84. The number of thiazole rings is 1. The van der Waals surface area contributed by atoms with Gasteiger partial charge in [-0.25, -0.2) is 9.97 Å². The van der Waals surface area contributed by atoms with Crippen LogP contribution in [0, 0.1) is 13.8 Å². The topological polar surface area (TPSA) is 97.0 Å². The maximum Gasteiger partial charge on any atom is 0.301 e. The zero-order chi connectivity index (χ0) is 24.7. The highest BCUT2D eigenvalue weighted by molar-refractivity contribution is 7.14. The van der Waals surface area contributed by atoms with Crippen molar-refractivity contribution in [2.24, 2.45) is 0 Å². The third-order valence-corrected chi connectivity index (χ3v) is 6.69. The molecule has 1 aromatic carbocycles. The molecule has 5 rings (SSSR count). The molecule has 1 aliphatic heterocycles. The molecule has 1 saturated heterocycles. The van der Waals surface area contributed by atoms with Gasteiger partial charge in [-0.3, -0.25) is 14.5 Å².